The molecule has 0 atom stereocenters. The van der Waals surface area contributed by atoms with Gasteiger partial charge in [0.15, 0.2) is 5.75 Å². The van der Waals surface area contributed by atoms with Gasteiger partial charge in [-0.1, -0.05) is 0 Å². The zero-order valence-corrected chi connectivity index (χ0v) is 9.77. The number of carbonyl (C=O) groups excluding carboxylic acids is 1. The SMILES string of the molecule is O=C1CN=c2c(ccc3c2=CC=CN3Br)O1. The molecular formula is C11H7BrN2O2. The second-order valence-electron chi connectivity index (χ2n) is 3.45. The number of esters is 1. The van der Waals surface area contributed by atoms with Crippen molar-refractivity contribution in [1.82, 2.24) is 0 Å². The van der Waals surface area contributed by atoms with Crippen molar-refractivity contribution in [2.45, 2.75) is 0 Å². The first kappa shape index (κ1) is 9.59. The molecule has 1 aromatic carbocycles. The Bertz CT molecular complexity index is 622. The third-order valence-electron chi connectivity index (χ3n) is 2.46. The van der Waals surface area contributed by atoms with Crippen LogP contribution in [0.1, 0.15) is 0 Å². The predicted molar refractivity (Wildman–Crippen MR) is 62.7 cm³/mol. The quantitative estimate of drug-likeness (QED) is 0.398. The number of fused-ring (bicyclic) bond motifs is 3. The molecule has 0 aromatic heterocycles. The third kappa shape index (κ3) is 1.36. The van der Waals surface area contributed by atoms with Crippen molar-refractivity contribution in [3.8, 4) is 5.75 Å². The molecule has 0 amide bonds. The minimum atomic E-state index is -0.311. The Morgan fingerprint density at radius 2 is 2.31 bits per heavy atom. The number of anilines is 1. The van der Waals surface area contributed by atoms with Gasteiger partial charge in [-0.2, -0.15) is 0 Å². The van der Waals surface area contributed by atoms with Gasteiger partial charge in [-0.3, -0.25) is 8.92 Å². The molecule has 0 N–H and O–H groups in total. The molecule has 80 valence electrons. The number of rotatable bonds is 0. The van der Waals surface area contributed by atoms with Gasteiger partial charge in [-0.05, 0) is 24.3 Å². The molecule has 16 heavy (non-hydrogen) atoms. The monoisotopic (exact) mass is 278 g/mol. The Morgan fingerprint density at radius 3 is 3.19 bits per heavy atom. The first-order valence-electron chi connectivity index (χ1n) is 4.77. The first-order chi connectivity index (χ1) is 7.75. The van der Waals surface area contributed by atoms with Gasteiger partial charge in [-0.15, -0.1) is 0 Å². The Kier molecular flexibility index (Phi) is 2.07. The summed E-state index contributed by atoms with van der Waals surface area (Å²) >= 11 is 3.40. The smallest absolute Gasteiger partial charge is 0.333 e. The highest BCUT2D eigenvalue weighted by atomic mass is 79.9. The Hall–Kier alpha value is -1.62. The van der Waals surface area contributed by atoms with Crippen molar-refractivity contribution in [2.24, 2.45) is 4.99 Å². The number of ether oxygens (including phenoxy) is 1. The van der Waals surface area contributed by atoms with E-state index >= 15 is 0 Å². The maximum Gasteiger partial charge on any atom is 0.333 e. The van der Waals surface area contributed by atoms with Crippen molar-refractivity contribution in [3.63, 3.8) is 0 Å². The van der Waals surface area contributed by atoms with Gasteiger partial charge in [0.25, 0.3) is 0 Å². The summed E-state index contributed by atoms with van der Waals surface area (Å²) in [7, 11) is 0. The van der Waals surface area contributed by atoms with Crippen molar-refractivity contribution in [1.29, 1.82) is 0 Å². The minimum absolute atomic E-state index is 0.0866. The van der Waals surface area contributed by atoms with Crippen molar-refractivity contribution in [3.05, 3.63) is 35.0 Å². The fraction of sp³-hybridized carbons (Fsp3) is 0.0909. The Balaban J connectivity index is 2.35. The third-order valence-corrected chi connectivity index (χ3v) is 3.08. The molecule has 0 radical (unpaired) electrons. The number of allylic oxidation sites excluding steroid dienone is 1. The largest absolute Gasteiger partial charge is 0.423 e. The summed E-state index contributed by atoms with van der Waals surface area (Å²) in [6.07, 6.45) is 5.75. The number of carbonyl (C=O) groups is 1. The summed E-state index contributed by atoms with van der Waals surface area (Å²) in [5.41, 5.74) is 0.989. The fourth-order valence-corrected chi connectivity index (χ4v) is 2.21. The second-order valence-corrected chi connectivity index (χ2v) is 4.22. The molecule has 0 bridgehead atoms. The zero-order chi connectivity index (χ0) is 11.1. The van der Waals surface area contributed by atoms with E-state index in [2.05, 4.69) is 21.1 Å². The molecule has 5 heteroatoms. The van der Waals surface area contributed by atoms with Crippen LogP contribution in [0.25, 0.3) is 6.08 Å². The van der Waals surface area contributed by atoms with Crippen LogP contribution in [0.5, 0.6) is 5.75 Å². The second kappa shape index (κ2) is 3.45. The first-order valence-corrected chi connectivity index (χ1v) is 5.48. The van der Waals surface area contributed by atoms with E-state index in [-0.39, 0.29) is 12.5 Å². The molecule has 4 nitrogen and oxygen atoms in total. The van der Waals surface area contributed by atoms with Crippen molar-refractivity contribution in [2.75, 3.05) is 10.5 Å². The maximum atomic E-state index is 11.1. The molecule has 0 saturated carbocycles. The maximum absolute atomic E-state index is 11.1. The highest BCUT2D eigenvalue weighted by Crippen LogP contribution is 2.18. The highest BCUT2D eigenvalue weighted by molar-refractivity contribution is 9.10. The van der Waals surface area contributed by atoms with Crippen LogP contribution in [0.4, 0.5) is 5.69 Å². The standard InChI is InChI=1S/C11H7BrN2O2/c12-14-5-1-2-7-8(14)3-4-9-11(7)13-6-10(15)16-9/h1-5H,6H2. The van der Waals surface area contributed by atoms with Crippen LogP contribution in [-0.2, 0) is 4.79 Å². The summed E-state index contributed by atoms with van der Waals surface area (Å²) in [6, 6.07) is 3.65. The molecule has 0 spiro atoms. The van der Waals surface area contributed by atoms with E-state index in [4.69, 9.17) is 4.74 Å². The Morgan fingerprint density at radius 1 is 1.44 bits per heavy atom. The van der Waals surface area contributed by atoms with Gasteiger partial charge in [-0.25, -0.2) is 4.79 Å². The number of hydrogen-bond donors (Lipinski definition) is 0. The van der Waals surface area contributed by atoms with Crippen molar-refractivity contribution >= 4 is 33.9 Å². The number of halogens is 1. The van der Waals surface area contributed by atoms with E-state index in [1.807, 2.05) is 28.3 Å². The lowest BCUT2D eigenvalue weighted by Crippen LogP contribution is -2.37. The van der Waals surface area contributed by atoms with Crippen LogP contribution in [-0.4, -0.2) is 12.5 Å². The molecule has 0 fully saturated rings. The summed E-state index contributed by atoms with van der Waals surface area (Å²) < 4.78 is 6.95. The van der Waals surface area contributed by atoms with Crippen LogP contribution in [0.3, 0.4) is 0 Å². The van der Waals surface area contributed by atoms with E-state index in [1.54, 1.807) is 6.07 Å². The summed E-state index contributed by atoms with van der Waals surface area (Å²) in [4.78, 5) is 15.3. The molecule has 2 aliphatic rings. The lowest BCUT2D eigenvalue weighted by Gasteiger charge is -2.17. The number of nitrogens with zero attached hydrogens (tertiary/aromatic N) is 2. The van der Waals surface area contributed by atoms with Crippen LogP contribution in [0.15, 0.2) is 29.4 Å². The molecular weight excluding hydrogens is 272 g/mol. The van der Waals surface area contributed by atoms with Crippen LogP contribution in [0.2, 0.25) is 0 Å². The molecule has 1 aromatic rings. The summed E-state index contributed by atoms with van der Waals surface area (Å²) in [6.45, 7) is 0.0866. The fourth-order valence-electron chi connectivity index (χ4n) is 1.77. The van der Waals surface area contributed by atoms with Gasteiger partial charge < -0.3 is 4.74 Å². The number of benzene rings is 1. The average molecular weight is 279 g/mol. The van der Waals surface area contributed by atoms with Gasteiger partial charge in [0.1, 0.15) is 11.9 Å². The zero-order valence-electron chi connectivity index (χ0n) is 8.18. The van der Waals surface area contributed by atoms with Gasteiger partial charge >= 0.3 is 5.97 Å². The summed E-state index contributed by atoms with van der Waals surface area (Å²) in [5.74, 6) is 0.219. The van der Waals surface area contributed by atoms with E-state index in [9.17, 15) is 4.79 Å². The van der Waals surface area contributed by atoms with Crippen LogP contribution >= 0.6 is 16.1 Å². The molecule has 0 saturated heterocycles. The molecule has 2 aliphatic heterocycles. The van der Waals surface area contributed by atoms with E-state index in [0.29, 0.717) is 5.75 Å². The normalized spacial score (nSPS) is 16.8. The lowest BCUT2D eigenvalue weighted by molar-refractivity contribution is -0.133. The van der Waals surface area contributed by atoms with Crippen LogP contribution < -0.4 is 19.2 Å². The molecule has 3 rings (SSSR count). The van der Waals surface area contributed by atoms with Crippen LogP contribution in [0, 0.1) is 0 Å². The highest BCUT2D eigenvalue weighted by Gasteiger charge is 2.16. The topological polar surface area (TPSA) is 41.9 Å². The summed E-state index contributed by atoms with van der Waals surface area (Å²) in [5, 5.41) is 1.70. The van der Waals surface area contributed by atoms with E-state index in [0.717, 1.165) is 16.3 Å². The Labute approximate surface area is 99.9 Å². The van der Waals surface area contributed by atoms with E-state index in [1.165, 1.54) is 0 Å². The van der Waals surface area contributed by atoms with Crippen molar-refractivity contribution < 1.29 is 9.53 Å². The van der Waals surface area contributed by atoms with E-state index < -0.39 is 0 Å². The molecule has 0 unspecified atom stereocenters. The lowest BCUT2D eigenvalue weighted by atomic mass is 10.1. The minimum Gasteiger partial charge on any atom is -0.423 e. The molecule has 0 aliphatic carbocycles. The predicted octanol–water partition coefficient (Wildman–Crippen LogP) is 0.649. The molecule has 2 heterocycles. The van der Waals surface area contributed by atoms with Gasteiger partial charge in [0.2, 0.25) is 0 Å². The average Bonchev–Trinajstić information content (AvgIpc) is 2.28. The van der Waals surface area contributed by atoms with Gasteiger partial charge in [0, 0.05) is 11.4 Å². The van der Waals surface area contributed by atoms with Gasteiger partial charge in [0.05, 0.1) is 21.8 Å². The number of hydrogen-bond acceptors (Lipinski definition) is 4.